The first kappa shape index (κ1) is 8.44. The van der Waals surface area contributed by atoms with Gasteiger partial charge >= 0.3 is 5.63 Å². The molecule has 0 aliphatic rings. The van der Waals surface area contributed by atoms with E-state index >= 15 is 0 Å². The number of pyridine rings is 1. The zero-order valence-electron chi connectivity index (χ0n) is 6.87. The van der Waals surface area contributed by atoms with Crippen molar-refractivity contribution in [2.24, 2.45) is 0 Å². The molecule has 2 aromatic heterocycles. The van der Waals surface area contributed by atoms with E-state index in [1.54, 1.807) is 6.20 Å². The summed E-state index contributed by atoms with van der Waals surface area (Å²) in [5.74, 6) is 0. The topological polar surface area (TPSA) is 43.1 Å². The normalized spacial score (nSPS) is 10.6. The number of aromatic nitrogens is 1. The van der Waals surface area contributed by atoms with Crippen molar-refractivity contribution < 1.29 is 4.42 Å². The van der Waals surface area contributed by atoms with Gasteiger partial charge in [-0.1, -0.05) is 0 Å². The van der Waals surface area contributed by atoms with Crippen LogP contribution in [0.2, 0.25) is 0 Å². The lowest BCUT2D eigenvalue weighted by molar-refractivity contribution is 0.548. The second-order valence-electron chi connectivity index (χ2n) is 2.75. The first-order valence-corrected chi connectivity index (χ1v) is 4.52. The van der Waals surface area contributed by atoms with Gasteiger partial charge in [0.15, 0.2) is 0 Å². The Bertz CT molecular complexity index is 518. The number of halogens is 1. The second-order valence-corrected chi connectivity index (χ2v) is 3.67. The summed E-state index contributed by atoms with van der Waals surface area (Å²) in [6, 6.07) is 3.33. The molecule has 0 saturated heterocycles. The summed E-state index contributed by atoms with van der Waals surface area (Å²) in [6.07, 6.45) is 1.60. The van der Waals surface area contributed by atoms with E-state index in [-0.39, 0.29) is 5.63 Å². The molecule has 0 amide bonds. The first-order valence-electron chi connectivity index (χ1n) is 3.73. The van der Waals surface area contributed by atoms with E-state index in [4.69, 9.17) is 4.42 Å². The fraction of sp³-hybridized carbons (Fsp3) is 0.111. The standard InChI is InChI=1S/C9H6BrNO2/c1-5-2-8(12)13-9-7(5)3-6(10)4-11-9/h2-4H,1H3. The molecule has 0 unspecified atom stereocenters. The van der Waals surface area contributed by atoms with E-state index in [0.29, 0.717) is 5.71 Å². The number of hydrogen-bond acceptors (Lipinski definition) is 3. The predicted molar refractivity (Wildman–Crippen MR) is 52.7 cm³/mol. The van der Waals surface area contributed by atoms with Crippen LogP contribution >= 0.6 is 15.9 Å². The SMILES string of the molecule is Cc1cc(=O)oc2ncc(Br)cc12. The molecule has 66 valence electrons. The van der Waals surface area contributed by atoms with Crippen molar-refractivity contribution in [3.63, 3.8) is 0 Å². The van der Waals surface area contributed by atoms with Gasteiger partial charge in [0.1, 0.15) is 0 Å². The van der Waals surface area contributed by atoms with Gasteiger partial charge in [-0.2, -0.15) is 0 Å². The van der Waals surface area contributed by atoms with Crippen LogP contribution in [-0.2, 0) is 0 Å². The van der Waals surface area contributed by atoms with Crippen molar-refractivity contribution >= 4 is 27.0 Å². The van der Waals surface area contributed by atoms with Crippen LogP contribution in [0.25, 0.3) is 11.1 Å². The van der Waals surface area contributed by atoms with Crippen LogP contribution < -0.4 is 5.63 Å². The Kier molecular flexibility index (Phi) is 1.92. The van der Waals surface area contributed by atoms with Crippen molar-refractivity contribution in [1.82, 2.24) is 4.98 Å². The van der Waals surface area contributed by atoms with E-state index in [0.717, 1.165) is 15.4 Å². The number of fused-ring (bicyclic) bond motifs is 1. The van der Waals surface area contributed by atoms with Crippen LogP contribution in [0.5, 0.6) is 0 Å². The quantitative estimate of drug-likeness (QED) is 0.709. The number of hydrogen-bond donors (Lipinski definition) is 0. The summed E-state index contributed by atoms with van der Waals surface area (Å²) >= 11 is 3.30. The van der Waals surface area contributed by atoms with Crippen LogP contribution in [0.3, 0.4) is 0 Å². The molecule has 0 radical (unpaired) electrons. The van der Waals surface area contributed by atoms with Gasteiger partial charge < -0.3 is 4.42 Å². The maximum absolute atomic E-state index is 11.0. The molecule has 2 heterocycles. The predicted octanol–water partition coefficient (Wildman–Crippen LogP) is 2.26. The van der Waals surface area contributed by atoms with Gasteiger partial charge in [-0.25, -0.2) is 9.78 Å². The van der Waals surface area contributed by atoms with E-state index in [1.807, 2.05) is 13.0 Å². The molecule has 0 aliphatic heterocycles. The summed E-state index contributed by atoms with van der Waals surface area (Å²) in [5.41, 5.74) is 0.896. The average molecular weight is 240 g/mol. The fourth-order valence-electron chi connectivity index (χ4n) is 1.17. The largest absolute Gasteiger partial charge is 0.404 e. The molecular weight excluding hydrogens is 234 g/mol. The summed E-state index contributed by atoms with van der Waals surface area (Å²) in [5, 5.41) is 0.856. The minimum Gasteiger partial charge on any atom is -0.404 e. The van der Waals surface area contributed by atoms with Gasteiger partial charge in [-0.15, -0.1) is 0 Å². The Morgan fingerprint density at radius 1 is 1.46 bits per heavy atom. The molecule has 0 spiro atoms. The van der Waals surface area contributed by atoms with E-state index < -0.39 is 0 Å². The monoisotopic (exact) mass is 239 g/mol. The lowest BCUT2D eigenvalue weighted by Crippen LogP contribution is -1.98. The molecule has 0 N–H and O–H groups in total. The molecule has 0 fully saturated rings. The maximum atomic E-state index is 11.0. The number of rotatable bonds is 0. The Labute approximate surface area is 82.5 Å². The molecular formula is C9H6BrNO2. The Morgan fingerprint density at radius 3 is 3.00 bits per heavy atom. The van der Waals surface area contributed by atoms with Crippen molar-refractivity contribution in [2.75, 3.05) is 0 Å². The van der Waals surface area contributed by atoms with Crippen LogP contribution in [-0.4, -0.2) is 4.98 Å². The van der Waals surface area contributed by atoms with E-state index in [1.165, 1.54) is 6.07 Å². The maximum Gasteiger partial charge on any atom is 0.337 e. The minimum atomic E-state index is -0.361. The van der Waals surface area contributed by atoms with Crippen molar-refractivity contribution in [3.8, 4) is 0 Å². The fourth-order valence-corrected chi connectivity index (χ4v) is 1.50. The highest BCUT2D eigenvalue weighted by molar-refractivity contribution is 9.10. The summed E-state index contributed by atoms with van der Waals surface area (Å²) in [4.78, 5) is 15.0. The first-order chi connectivity index (χ1) is 6.16. The zero-order chi connectivity index (χ0) is 9.42. The molecule has 3 nitrogen and oxygen atoms in total. The molecule has 0 aromatic carbocycles. The van der Waals surface area contributed by atoms with Gasteiger partial charge in [0.05, 0.1) is 0 Å². The molecule has 0 atom stereocenters. The highest BCUT2D eigenvalue weighted by atomic mass is 79.9. The van der Waals surface area contributed by atoms with Crippen LogP contribution in [0.15, 0.2) is 32.0 Å². The highest BCUT2D eigenvalue weighted by Gasteiger charge is 2.02. The molecule has 2 aromatic rings. The van der Waals surface area contributed by atoms with Gasteiger partial charge in [0, 0.05) is 22.1 Å². The molecule has 4 heteroatoms. The average Bonchev–Trinajstić information content (AvgIpc) is 2.06. The van der Waals surface area contributed by atoms with Crippen molar-refractivity contribution in [3.05, 3.63) is 38.8 Å². The number of nitrogens with zero attached hydrogens (tertiary/aromatic N) is 1. The van der Waals surface area contributed by atoms with Gasteiger partial charge in [-0.3, -0.25) is 0 Å². The molecule has 0 aliphatic carbocycles. The minimum absolute atomic E-state index is 0.361. The lowest BCUT2D eigenvalue weighted by Gasteiger charge is -1.98. The molecule has 13 heavy (non-hydrogen) atoms. The second kappa shape index (κ2) is 2.96. The highest BCUT2D eigenvalue weighted by Crippen LogP contribution is 2.18. The summed E-state index contributed by atoms with van der Waals surface area (Å²) in [7, 11) is 0. The molecule has 0 saturated carbocycles. The molecule has 2 rings (SSSR count). The third kappa shape index (κ3) is 1.49. The van der Waals surface area contributed by atoms with Gasteiger partial charge in [-0.05, 0) is 34.5 Å². The third-order valence-electron chi connectivity index (χ3n) is 1.77. The van der Waals surface area contributed by atoms with Gasteiger partial charge in [0.2, 0.25) is 5.71 Å². The van der Waals surface area contributed by atoms with E-state index in [2.05, 4.69) is 20.9 Å². The van der Waals surface area contributed by atoms with Crippen LogP contribution in [0.4, 0.5) is 0 Å². The Hall–Kier alpha value is -1.16. The van der Waals surface area contributed by atoms with E-state index in [9.17, 15) is 4.79 Å². The third-order valence-corrected chi connectivity index (χ3v) is 2.21. The van der Waals surface area contributed by atoms with Crippen molar-refractivity contribution in [1.29, 1.82) is 0 Å². The molecule has 0 bridgehead atoms. The van der Waals surface area contributed by atoms with Crippen LogP contribution in [0.1, 0.15) is 5.56 Å². The van der Waals surface area contributed by atoms with Crippen molar-refractivity contribution in [2.45, 2.75) is 6.92 Å². The Morgan fingerprint density at radius 2 is 2.23 bits per heavy atom. The summed E-state index contributed by atoms with van der Waals surface area (Å²) < 4.78 is 5.78. The van der Waals surface area contributed by atoms with Crippen LogP contribution in [0, 0.1) is 6.92 Å². The summed E-state index contributed by atoms with van der Waals surface area (Å²) in [6.45, 7) is 1.85. The smallest absolute Gasteiger partial charge is 0.337 e. The number of aryl methyl sites for hydroxylation is 1. The lowest BCUT2D eigenvalue weighted by atomic mass is 10.2. The van der Waals surface area contributed by atoms with Gasteiger partial charge in [0.25, 0.3) is 0 Å². The Balaban J connectivity index is 2.95. The zero-order valence-corrected chi connectivity index (χ0v) is 8.46.